The van der Waals surface area contributed by atoms with Crippen molar-refractivity contribution >= 4 is 11.7 Å². The average Bonchev–Trinajstić information content (AvgIpc) is 3.01. The van der Waals surface area contributed by atoms with Crippen molar-refractivity contribution in [1.82, 2.24) is 4.90 Å². The van der Waals surface area contributed by atoms with Crippen LogP contribution in [0, 0.1) is 5.82 Å². The van der Waals surface area contributed by atoms with Crippen LogP contribution in [0.1, 0.15) is 32.7 Å². The van der Waals surface area contributed by atoms with Gasteiger partial charge in [0.15, 0.2) is 5.78 Å². The second-order valence-corrected chi connectivity index (χ2v) is 5.68. The molecular weight excluding hydrogens is 295 g/mol. The van der Waals surface area contributed by atoms with Crippen molar-refractivity contribution in [3.8, 4) is 0 Å². The van der Waals surface area contributed by atoms with Gasteiger partial charge < -0.3 is 10.6 Å². The Morgan fingerprint density at radius 1 is 1.04 bits per heavy atom. The monoisotopic (exact) mass is 312 g/mol. The van der Waals surface area contributed by atoms with Gasteiger partial charge in [-0.1, -0.05) is 18.2 Å². The molecule has 0 aromatic heterocycles. The van der Waals surface area contributed by atoms with Crippen molar-refractivity contribution < 1.29 is 14.0 Å². The average molecular weight is 312 g/mol. The molecule has 1 aliphatic rings. The number of hydrogen-bond donors (Lipinski definition) is 1. The first-order chi connectivity index (χ1) is 11.1. The molecule has 5 heteroatoms. The quantitative estimate of drug-likeness (QED) is 0.884. The number of amides is 1. The first-order valence-electron chi connectivity index (χ1n) is 7.50. The topological polar surface area (TPSA) is 63.4 Å². The van der Waals surface area contributed by atoms with Crippen LogP contribution in [0.5, 0.6) is 0 Å². The minimum atomic E-state index is -0.406. The highest BCUT2D eigenvalue weighted by Gasteiger charge is 2.27. The highest BCUT2D eigenvalue weighted by molar-refractivity contribution is 6.15. The summed E-state index contributed by atoms with van der Waals surface area (Å²) in [5.41, 5.74) is 6.88. The molecule has 1 amide bonds. The zero-order valence-electron chi connectivity index (χ0n) is 12.5. The number of ketones is 1. The maximum Gasteiger partial charge on any atom is 0.254 e. The van der Waals surface area contributed by atoms with E-state index in [0.717, 1.165) is 6.42 Å². The Kier molecular flexibility index (Phi) is 4.21. The summed E-state index contributed by atoms with van der Waals surface area (Å²) in [6, 6.07) is 12.0. The third-order valence-electron chi connectivity index (χ3n) is 4.02. The Balaban J connectivity index is 1.93. The van der Waals surface area contributed by atoms with E-state index >= 15 is 0 Å². The molecule has 2 aromatic rings. The van der Waals surface area contributed by atoms with Crippen molar-refractivity contribution in [1.29, 1.82) is 0 Å². The van der Waals surface area contributed by atoms with Gasteiger partial charge in [-0.25, -0.2) is 4.39 Å². The van der Waals surface area contributed by atoms with Crippen molar-refractivity contribution in [2.75, 3.05) is 13.1 Å². The van der Waals surface area contributed by atoms with Crippen LogP contribution in [-0.2, 0) is 0 Å². The van der Waals surface area contributed by atoms with E-state index in [9.17, 15) is 14.0 Å². The number of nitrogens with two attached hydrogens (primary N) is 1. The standard InChI is InChI=1S/C18H17FN2O2/c19-13-7-5-12(6-8-13)17(22)15-3-1-2-4-16(15)18(23)21-10-9-14(20)11-21/h1-8,14H,9-11,20H2/t14-/m0/s1. The van der Waals surface area contributed by atoms with Crippen molar-refractivity contribution in [3.63, 3.8) is 0 Å². The Labute approximate surface area is 133 Å². The molecule has 3 rings (SSSR count). The molecule has 0 bridgehead atoms. The van der Waals surface area contributed by atoms with Crippen LogP contribution in [-0.4, -0.2) is 35.7 Å². The van der Waals surface area contributed by atoms with E-state index in [-0.39, 0.29) is 17.7 Å². The third-order valence-corrected chi connectivity index (χ3v) is 4.02. The molecule has 1 atom stereocenters. The summed E-state index contributed by atoms with van der Waals surface area (Å²) in [5.74, 6) is -0.890. The van der Waals surface area contributed by atoms with Crippen LogP contribution >= 0.6 is 0 Å². The Morgan fingerprint density at radius 2 is 1.70 bits per heavy atom. The SMILES string of the molecule is N[C@H]1CCN(C(=O)c2ccccc2C(=O)c2ccc(F)cc2)C1. The van der Waals surface area contributed by atoms with Crippen LogP contribution in [0.25, 0.3) is 0 Å². The summed E-state index contributed by atoms with van der Waals surface area (Å²) in [6.45, 7) is 1.09. The molecule has 0 saturated carbocycles. The Bertz CT molecular complexity index is 743. The first kappa shape index (κ1) is 15.4. The highest BCUT2D eigenvalue weighted by Crippen LogP contribution is 2.19. The van der Waals surface area contributed by atoms with Gasteiger partial charge in [-0.05, 0) is 36.8 Å². The molecule has 1 fully saturated rings. The van der Waals surface area contributed by atoms with Crippen LogP contribution in [0.4, 0.5) is 4.39 Å². The van der Waals surface area contributed by atoms with E-state index in [1.54, 1.807) is 29.2 Å². The smallest absolute Gasteiger partial charge is 0.254 e. The molecule has 0 unspecified atom stereocenters. The molecule has 0 aliphatic carbocycles. The third kappa shape index (κ3) is 3.14. The maximum atomic E-state index is 13.0. The highest BCUT2D eigenvalue weighted by atomic mass is 19.1. The fraction of sp³-hybridized carbons (Fsp3) is 0.222. The van der Waals surface area contributed by atoms with Gasteiger partial charge in [0, 0.05) is 30.3 Å². The van der Waals surface area contributed by atoms with Gasteiger partial charge >= 0.3 is 0 Å². The predicted molar refractivity (Wildman–Crippen MR) is 84.8 cm³/mol. The van der Waals surface area contributed by atoms with Gasteiger partial charge in [0.2, 0.25) is 0 Å². The number of carbonyl (C=O) groups is 2. The number of nitrogens with zero attached hydrogens (tertiary/aromatic N) is 1. The summed E-state index contributed by atoms with van der Waals surface area (Å²) in [4.78, 5) is 27.0. The fourth-order valence-electron chi connectivity index (χ4n) is 2.77. The summed E-state index contributed by atoms with van der Waals surface area (Å²) < 4.78 is 13.0. The lowest BCUT2D eigenvalue weighted by Crippen LogP contribution is -2.32. The van der Waals surface area contributed by atoms with Crippen LogP contribution < -0.4 is 5.73 Å². The second-order valence-electron chi connectivity index (χ2n) is 5.68. The van der Waals surface area contributed by atoms with Crippen LogP contribution in [0.3, 0.4) is 0 Å². The minimum Gasteiger partial charge on any atom is -0.337 e. The lowest BCUT2D eigenvalue weighted by Gasteiger charge is -2.17. The zero-order valence-corrected chi connectivity index (χ0v) is 12.5. The number of benzene rings is 2. The fourth-order valence-corrected chi connectivity index (χ4v) is 2.77. The van der Waals surface area contributed by atoms with Crippen molar-refractivity contribution in [3.05, 3.63) is 71.0 Å². The molecule has 118 valence electrons. The van der Waals surface area contributed by atoms with Crippen molar-refractivity contribution in [2.45, 2.75) is 12.5 Å². The number of rotatable bonds is 3. The Hall–Kier alpha value is -2.53. The molecule has 2 aromatic carbocycles. The van der Waals surface area contributed by atoms with E-state index < -0.39 is 5.82 Å². The maximum absolute atomic E-state index is 13.0. The van der Waals surface area contributed by atoms with Gasteiger partial charge in [0.05, 0.1) is 5.56 Å². The van der Waals surface area contributed by atoms with Crippen molar-refractivity contribution in [2.24, 2.45) is 5.73 Å². The molecule has 1 aliphatic heterocycles. The van der Waals surface area contributed by atoms with E-state index in [0.29, 0.717) is 29.8 Å². The van der Waals surface area contributed by atoms with Gasteiger partial charge in [0.25, 0.3) is 5.91 Å². The number of likely N-dealkylation sites (tertiary alicyclic amines) is 1. The summed E-state index contributed by atoms with van der Waals surface area (Å²) in [7, 11) is 0. The summed E-state index contributed by atoms with van der Waals surface area (Å²) >= 11 is 0. The normalized spacial score (nSPS) is 17.3. The molecule has 2 N–H and O–H groups in total. The zero-order chi connectivity index (χ0) is 16.4. The largest absolute Gasteiger partial charge is 0.337 e. The van der Waals surface area contributed by atoms with E-state index in [4.69, 9.17) is 5.73 Å². The van der Waals surface area contributed by atoms with E-state index in [2.05, 4.69) is 0 Å². The van der Waals surface area contributed by atoms with Crippen LogP contribution in [0.15, 0.2) is 48.5 Å². The molecular formula is C18H17FN2O2. The minimum absolute atomic E-state index is 0.0149. The van der Waals surface area contributed by atoms with Gasteiger partial charge in [-0.3, -0.25) is 9.59 Å². The molecule has 0 spiro atoms. The number of carbonyl (C=O) groups excluding carboxylic acids is 2. The van der Waals surface area contributed by atoms with E-state index in [1.807, 2.05) is 0 Å². The van der Waals surface area contributed by atoms with Gasteiger partial charge in [0.1, 0.15) is 5.82 Å². The van der Waals surface area contributed by atoms with E-state index in [1.165, 1.54) is 24.3 Å². The summed E-state index contributed by atoms with van der Waals surface area (Å²) in [5, 5.41) is 0. The molecule has 1 saturated heterocycles. The number of hydrogen-bond acceptors (Lipinski definition) is 3. The van der Waals surface area contributed by atoms with Gasteiger partial charge in [-0.2, -0.15) is 0 Å². The second kappa shape index (κ2) is 6.30. The number of halogens is 1. The lowest BCUT2D eigenvalue weighted by molar-refractivity contribution is 0.0786. The lowest BCUT2D eigenvalue weighted by atomic mass is 9.97. The first-order valence-corrected chi connectivity index (χ1v) is 7.50. The van der Waals surface area contributed by atoms with Crippen LogP contribution in [0.2, 0.25) is 0 Å². The van der Waals surface area contributed by atoms with Gasteiger partial charge in [-0.15, -0.1) is 0 Å². The molecule has 1 heterocycles. The molecule has 4 nitrogen and oxygen atoms in total. The molecule has 0 radical (unpaired) electrons. The predicted octanol–water partition coefficient (Wildman–Crippen LogP) is 2.23. The Morgan fingerprint density at radius 3 is 2.30 bits per heavy atom. The molecule has 23 heavy (non-hydrogen) atoms. The summed E-state index contributed by atoms with van der Waals surface area (Å²) in [6.07, 6.45) is 0.764.